The molecule has 0 aliphatic rings. The molecule has 0 saturated carbocycles. The highest BCUT2D eigenvalue weighted by Gasteiger charge is 2.27. The SMILES string of the molecule is CCC(Cl)CNCCSC(F)(F)F. The summed E-state index contributed by atoms with van der Waals surface area (Å²) < 4.78 is 34.9. The van der Waals surface area contributed by atoms with Crippen LogP contribution in [0.15, 0.2) is 0 Å². The summed E-state index contributed by atoms with van der Waals surface area (Å²) in [6.07, 6.45) is 0.820. The molecule has 0 aliphatic heterocycles. The van der Waals surface area contributed by atoms with E-state index < -0.39 is 5.51 Å². The van der Waals surface area contributed by atoms with Crippen LogP contribution in [0, 0.1) is 0 Å². The Morgan fingerprint density at radius 1 is 1.46 bits per heavy atom. The van der Waals surface area contributed by atoms with Crippen molar-refractivity contribution in [1.29, 1.82) is 0 Å². The summed E-state index contributed by atoms with van der Waals surface area (Å²) in [5.74, 6) is 0.0385. The highest BCUT2D eigenvalue weighted by atomic mass is 35.5. The molecule has 0 saturated heterocycles. The maximum atomic E-state index is 11.6. The van der Waals surface area contributed by atoms with Crippen LogP contribution in [0.4, 0.5) is 13.2 Å². The molecule has 1 unspecified atom stereocenters. The molecule has 0 aromatic rings. The van der Waals surface area contributed by atoms with E-state index in [1.165, 1.54) is 0 Å². The fraction of sp³-hybridized carbons (Fsp3) is 1.00. The van der Waals surface area contributed by atoms with E-state index in [0.29, 0.717) is 13.1 Å². The molecule has 1 nitrogen and oxygen atoms in total. The van der Waals surface area contributed by atoms with Crippen LogP contribution in [0.5, 0.6) is 0 Å². The normalized spacial score (nSPS) is 14.5. The Kier molecular flexibility index (Phi) is 6.99. The first-order valence-electron chi connectivity index (χ1n) is 4.01. The molecular formula is C7H13ClF3NS. The number of thioether (sulfide) groups is 1. The van der Waals surface area contributed by atoms with Crippen LogP contribution in [0.3, 0.4) is 0 Å². The van der Waals surface area contributed by atoms with E-state index in [1.807, 2.05) is 6.92 Å². The number of alkyl halides is 4. The Bertz CT molecular complexity index is 131. The molecule has 0 rings (SSSR count). The smallest absolute Gasteiger partial charge is 0.314 e. The molecule has 0 heterocycles. The van der Waals surface area contributed by atoms with E-state index in [1.54, 1.807) is 0 Å². The molecule has 80 valence electrons. The van der Waals surface area contributed by atoms with Crippen molar-refractivity contribution in [3.05, 3.63) is 0 Å². The van der Waals surface area contributed by atoms with Crippen LogP contribution in [0.2, 0.25) is 0 Å². The van der Waals surface area contributed by atoms with Gasteiger partial charge in [-0.15, -0.1) is 11.6 Å². The third kappa shape index (κ3) is 10.3. The van der Waals surface area contributed by atoms with Gasteiger partial charge in [0.05, 0.1) is 0 Å². The van der Waals surface area contributed by atoms with Gasteiger partial charge in [0.25, 0.3) is 0 Å². The quantitative estimate of drug-likeness (QED) is 0.561. The molecule has 0 aromatic carbocycles. The van der Waals surface area contributed by atoms with Gasteiger partial charge in [-0.1, -0.05) is 6.92 Å². The van der Waals surface area contributed by atoms with E-state index in [-0.39, 0.29) is 22.9 Å². The summed E-state index contributed by atoms with van der Waals surface area (Å²) in [7, 11) is 0. The van der Waals surface area contributed by atoms with Gasteiger partial charge in [0.15, 0.2) is 0 Å². The van der Waals surface area contributed by atoms with Crippen molar-refractivity contribution >= 4 is 23.4 Å². The predicted molar refractivity (Wildman–Crippen MR) is 51.3 cm³/mol. The summed E-state index contributed by atoms with van der Waals surface area (Å²) in [6, 6.07) is 0. The molecule has 0 aliphatic carbocycles. The summed E-state index contributed by atoms with van der Waals surface area (Å²) in [4.78, 5) is 0. The molecule has 6 heteroatoms. The van der Waals surface area contributed by atoms with E-state index in [9.17, 15) is 13.2 Å². The van der Waals surface area contributed by atoms with Gasteiger partial charge >= 0.3 is 5.51 Å². The molecule has 0 bridgehead atoms. The van der Waals surface area contributed by atoms with E-state index >= 15 is 0 Å². The number of nitrogens with one attached hydrogen (secondary N) is 1. The first kappa shape index (κ1) is 13.4. The van der Waals surface area contributed by atoms with E-state index in [4.69, 9.17) is 11.6 Å². The van der Waals surface area contributed by atoms with Crippen LogP contribution >= 0.6 is 23.4 Å². The minimum atomic E-state index is -4.12. The largest absolute Gasteiger partial charge is 0.441 e. The minimum absolute atomic E-state index is 0.0101. The second-order valence-corrected chi connectivity index (χ2v) is 4.28. The van der Waals surface area contributed by atoms with Crippen LogP contribution < -0.4 is 5.32 Å². The zero-order chi connectivity index (χ0) is 10.3. The molecule has 0 radical (unpaired) electrons. The summed E-state index contributed by atoms with van der Waals surface area (Å²) in [5.41, 5.74) is -4.12. The van der Waals surface area contributed by atoms with Crippen molar-refractivity contribution in [1.82, 2.24) is 5.32 Å². The van der Waals surface area contributed by atoms with Crippen molar-refractivity contribution in [2.45, 2.75) is 24.2 Å². The van der Waals surface area contributed by atoms with Crippen molar-refractivity contribution in [2.75, 3.05) is 18.8 Å². The number of hydrogen-bond donors (Lipinski definition) is 1. The van der Waals surface area contributed by atoms with Crippen molar-refractivity contribution in [2.24, 2.45) is 0 Å². The lowest BCUT2D eigenvalue weighted by atomic mass is 10.3. The molecule has 0 aromatic heterocycles. The Morgan fingerprint density at radius 3 is 2.54 bits per heavy atom. The molecule has 13 heavy (non-hydrogen) atoms. The first-order valence-corrected chi connectivity index (χ1v) is 5.43. The predicted octanol–water partition coefficient (Wildman–Crippen LogP) is 2.85. The zero-order valence-corrected chi connectivity index (χ0v) is 8.90. The lowest BCUT2D eigenvalue weighted by Crippen LogP contribution is -2.25. The van der Waals surface area contributed by atoms with Crippen LogP contribution in [0.1, 0.15) is 13.3 Å². The summed E-state index contributed by atoms with van der Waals surface area (Å²) in [5, 5.41) is 2.87. The van der Waals surface area contributed by atoms with Crippen LogP contribution in [-0.4, -0.2) is 29.7 Å². The first-order chi connectivity index (χ1) is 5.95. The minimum Gasteiger partial charge on any atom is -0.314 e. The molecule has 0 amide bonds. The van der Waals surface area contributed by atoms with Gasteiger partial charge in [0.2, 0.25) is 0 Å². The van der Waals surface area contributed by atoms with Crippen LogP contribution in [0.25, 0.3) is 0 Å². The summed E-state index contributed by atoms with van der Waals surface area (Å²) in [6.45, 7) is 2.84. The summed E-state index contributed by atoms with van der Waals surface area (Å²) >= 11 is 5.73. The average molecular weight is 236 g/mol. The lowest BCUT2D eigenvalue weighted by Gasteiger charge is -2.08. The fourth-order valence-corrected chi connectivity index (χ4v) is 1.23. The molecular weight excluding hydrogens is 223 g/mol. The highest BCUT2D eigenvalue weighted by molar-refractivity contribution is 8.00. The van der Waals surface area contributed by atoms with Gasteiger partial charge in [-0.05, 0) is 18.2 Å². The molecule has 0 fully saturated rings. The number of hydrogen-bond acceptors (Lipinski definition) is 2. The Labute approximate surface area is 85.4 Å². The Hall–Kier alpha value is 0.390. The zero-order valence-electron chi connectivity index (χ0n) is 7.33. The van der Waals surface area contributed by atoms with E-state index in [2.05, 4.69) is 5.32 Å². The van der Waals surface area contributed by atoms with Crippen molar-refractivity contribution < 1.29 is 13.2 Å². The van der Waals surface area contributed by atoms with Gasteiger partial charge in [0, 0.05) is 24.2 Å². The topological polar surface area (TPSA) is 12.0 Å². The third-order valence-corrected chi connectivity index (χ3v) is 2.55. The number of halogens is 4. The monoisotopic (exact) mass is 235 g/mol. The Balaban J connectivity index is 3.18. The van der Waals surface area contributed by atoms with Crippen molar-refractivity contribution in [3.63, 3.8) is 0 Å². The second kappa shape index (κ2) is 6.79. The van der Waals surface area contributed by atoms with Gasteiger partial charge in [0.1, 0.15) is 0 Å². The fourth-order valence-electron chi connectivity index (χ4n) is 0.642. The van der Waals surface area contributed by atoms with Gasteiger partial charge in [-0.2, -0.15) is 13.2 Å². The van der Waals surface area contributed by atoms with Crippen LogP contribution in [-0.2, 0) is 0 Å². The standard InChI is InChI=1S/C7H13ClF3NS/c1-2-6(8)5-12-3-4-13-7(9,10)11/h6,12H,2-5H2,1H3. The van der Waals surface area contributed by atoms with Gasteiger partial charge < -0.3 is 5.32 Å². The Morgan fingerprint density at radius 2 is 2.08 bits per heavy atom. The average Bonchev–Trinajstić information content (AvgIpc) is 2.01. The molecule has 1 N–H and O–H groups in total. The molecule has 0 spiro atoms. The lowest BCUT2D eigenvalue weighted by molar-refractivity contribution is -0.0327. The van der Waals surface area contributed by atoms with Gasteiger partial charge in [-0.25, -0.2) is 0 Å². The highest BCUT2D eigenvalue weighted by Crippen LogP contribution is 2.29. The second-order valence-electron chi connectivity index (χ2n) is 2.50. The molecule has 1 atom stereocenters. The maximum Gasteiger partial charge on any atom is 0.441 e. The van der Waals surface area contributed by atoms with E-state index in [0.717, 1.165) is 6.42 Å². The maximum absolute atomic E-state index is 11.6. The number of rotatable bonds is 6. The van der Waals surface area contributed by atoms with Gasteiger partial charge in [-0.3, -0.25) is 0 Å². The van der Waals surface area contributed by atoms with Crippen molar-refractivity contribution in [3.8, 4) is 0 Å². The third-order valence-electron chi connectivity index (χ3n) is 1.35.